The predicted octanol–water partition coefficient (Wildman–Crippen LogP) is 3.22. The summed E-state index contributed by atoms with van der Waals surface area (Å²) in [4.78, 5) is 12.0. The van der Waals surface area contributed by atoms with Crippen molar-refractivity contribution in [1.29, 1.82) is 0 Å². The van der Waals surface area contributed by atoms with Crippen LogP contribution in [0.4, 0.5) is 18.0 Å². The number of urea groups is 1. The minimum Gasteiger partial charge on any atom is -0.381 e. The molecule has 1 heterocycles. The number of halogens is 3. The maximum atomic E-state index is 12.8. The molecule has 2 aliphatic rings. The number of rotatable bonds is 3. The van der Waals surface area contributed by atoms with Crippen molar-refractivity contribution < 1.29 is 22.7 Å². The molecule has 22 heavy (non-hydrogen) atoms. The van der Waals surface area contributed by atoms with Crippen molar-refractivity contribution in [3.8, 4) is 0 Å². The molecular formula is C15H25F3N2O2. The lowest BCUT2D eigenvalue weighted by molar-refractivity contribution is -0.183. The van der Waals surface area contributed by atoms with Gasteiger partial charge in [-0.1, -0.05) is 6.42 Å². The van der Waals surface area contributed by atoms with E-state index in [1.165, 1.54) is 0 Å². The Balaban J connectivity index is 1.76. The van der Waals surface area contributed by atoms with Crippen LogP contribution in [0.25, 0.3) is 0 Å². The van der Waals surface area contributed by atoms with E-state index >= 15 is 0 Å². The minimum absolute atomic E-state index is 0.00547. The van der Waals surface area contributed by atoms with Gasteiger partial charge in [-0.3, -0.25) is 0 Å². The molecule has 1 aliphatic heterocycles. The van der Waals surface area contributed by atoms with Gasteiger partial charge >= 0.3 is 12.2 Å². The molecule has 0 spiro atoms. The SMILES string of the molecule is C[C@H](NC(=O)N[C@@H]1CCC[C@@H](C(F)(F)F)C1)C1CCOCC1. The molecule has 2 fully saturated rings. The van der Waals surface area contributed by atoms with Gasteiger partial charge in [-0.15, -0.1) is 0 Å². The Morgan fingerprint density at radius 1 is 1.18 bits per heavy atom. The quantitative estimate of drug-likeness (QED) is 0.838. The molecular weight excluding hydrogens is 297 g/mol. The summed E-state index contributed by atoms with van der Waals surface area (Å²) in [6.07, 6.45) is -1.07. The Morgan fingerprint density at radius 3 is 2.50 bits per heavy atom. The number of hydrogen-bond acceptors (Lipinski definition) is 2. The zero-order chi connectivity index (χ0) is 16.2. The van der Waals surface area contributed by atoms with Crippen LogP contribution in [0.5, 0.6) is 0 Å². The van der Waals surface area contributed by atoms with Gasteiger partial charge in [0.2, 0.25) is 0 Å². The number of alkyl halides is 3. The fourth-order valence-corrected chi connectivity index (χ4v) is 3.39. The van der Waals surface area contributed by atoms with E-state index in [1.54, 1.807) is 0 Å². The summed E-state index contributed by atoms with van der Waals surface area (Å²) in [5.41, 5.74) is 0. The fraction of sp³-hybridized carbons (Fsp3) is 0.933. The first kappa shape index (κ1) is 17.4. The lowest BCUT2D eigenvalue weighted by atomic mass is 9.85. The van der Waals surface area contributed by atoms with Gasteiger partial charge in [-0.2, -0.15) is 13.2 Å². The third-order valence-electron chi connectivity index (χ3n) is 4.80. The average molecular weight is 322 g/mol. The van der Waals surface area contributed by atoms with Crippen LogP contribution in [0.1, 0.15) is 45.4 Å². The molecule has 2 amide bonds. The maximum Gasteiger partial charge on any atom is 0.391 e. The number of hydrogen-bond donors (Lipinski definition) is 2. The van der Waals surface area contributed by atoms with E-state index in [4.69, 9.17) is 4.74 Å². The number of carbonyl (C=O) groups is 1. The molecule has 1 aliphatic carbocycles. The largest absolute Gasteiger partial charge is 0.391 e. The van der Waals surface area contributed by atoms with Gasteiger partial charge in [-0.05, 0) is 44.9 Å². The Labute approximate surface area is 129 Å². The smallest absolute Gasteiger partial charge is 0.381 e. The molecule has 0 bridgehead atoms. The molecule has 0 aromatic carbocycles. The van der Waals surface area contributed by atoms with Gasteiger partial charge in [0.1, 0.15) is 0 Å². The summed E-state index contributed by atoms with van der Waals surface area (Å²) in [5.74, 6) is -0.923. The highest BCUT2D eigenvalue weighted by Gasteiger charge is 2.42. The van der Waals surface area contributed by atoms with E-state index in [-0.39, 0.29) is 31.0 Å². The highest BCUT2D eigenvalue weighted by atomic mass is 19.4. The van der Waals surface area contributed by atoms with E-state index in [1.807, 2.05) is 6.92 Å². The molecule has 3 atom stereocenters. The topological polar surface area (TPSA) is 50.4 Å². The number of amides is 2. The van der Waals surface area contributed by atoms with E-state index in [0.717, 1.165) is 12.8 Å². The summed E-state index contributed by atoms with van der Waals surface area (Å²) < 4.78 is 43.6. The van der Waals surface area contributed by atoms with Crippen molar-refractivity contribution in [2.24, 2.45) is 11.8 Å². The number of nitrogens with one attached hydrogen (secondary N) is 2. The molecule has 7 heteroatoms. The van der Waals surface area contributed by atoms with Crippen LogP contribution in [0.2, 0.25) is 0 Å². The van der Waals surface area contributed by atoms with E-state index in [9.17, 15) is 18.0 Å². The van der Waals surface area contributed by atoms with E-state index < -0.39 is 12.1 Å². The van der Waals surface area contributed by atoms with Gasteiger partial charge in [0, 0.05) is 25.3 Å². The summed E-state index contributed by atoms with van der Waals surface area (Å²) >= 11 is 0. The second-order valence-electron chi connectivity index (χ2n) is 6.46. The zero-order valence-corrected chi connectivity index (χ0v) is 12.9. The monoisotopic (exact) mass is 322 g/mol. The number of carbonyl (C=O) groups excluding carboxylic acids is 1. The van der Waals surface area contributed by atoms with Crippen LogP contribution >= 0.6 is 0 Å². The highest BCUT2D eigenvalue weighted by Crippen LogP contribution is 2.37. The van der Waals surface area contributed by atoms with Gasteiger partial charge in [-0.25, -0.2) is 4.79 Å². The Morgan fingerprint density at radius 2 is 1.86 bits per heavy atom. The molecule has 0 unspecified atom stereocenters. The van der Waals surface area contributed by atoms with Crippen molar-refractivity contribution in [2.75, 3.05) is 13.2 Å². The molecule has 0 radical (unpaired) electrons. The van der Waals surface area contributed by atoms with Crippen LogP contribution in [0, 0.1) is 11.8 Å². The fourth-order valence-electron chi connectivity index (χ4n) is 3.39. The van der Waals surface area contributed by atoms with Crippen LogP contribution in [-0.4, -0.2) is 37.5 Å². The summed E-state index contributed by atoms with van der Waals surface area (Å²) in [6, 6.07) is -0.736. The highest BCUT2D eigenvalue weighted by molar-refractivity contribution is 5.74. The second kappa shape index (κ2) is 7.53. The summed E-state index contributed by atoms with van der Waals surface area (Å²) in [7, 11) is 0. The van der Waals surface area contributed by atoms with Gasteiger partial charge in [0.15, 0.2) is 0 Å². The normalized spacial score (nSPS) is 28.9. The van der Waals surface area contributed by atoms with Crippen molar-refractivity contribution in [2.45, 2.75) is 63.7 Å². The standard InChI is InChI=1S/C15H25F3N2O2/c1-10(11-5-7-22-8-6-11)19-14(21)20-13-4-2-3-12(9-13)15(16,17)18/h10-13H,2-9H2,1H3,(H2,19,20,21)/t10-,12+,13+/m0/s1. The second-order valence-corrected chi connectivity index (χ2v) is 6.46. The lowest BCUT2D eigenvalue weighted by Gasteiger charge is -2.32. The van der Waals surface area contributed by atoms with E-state index in [2.05, 4.69) is 10.6 Å². The van der Waals surface area contributed by atoms with Gasteiger partial charge in [0.05, 0.1) is 5.92 Å². The first-order chi connectivity index (χ1) is 10.4. The van der Waals surface area contributed by atoms with E-state index in [0.29, 0.717) is 32.0 Å². The van der Waals surface area contributed by atoms with Gasteiger partial charge < -0.3 is 15.4 Å². The summed E-state index contributed by atoms with van der Waals surface area (Å²) in [6.45, 7) is 3.34. The average Bonchev–Trinajstić information content (AvgIpc) is 2.47. The first-order valence-corrected chi connectivity index (χ1v) is 8.07. The molecule has 2 rings (SSSR count). The zero-order valence-electron chi connectivity index (χ0n) is 12.9. The van der Waals surface area contributed by atoms with Crippen LogP contribution in [-0.2, 0) is 4.74 Å². The van der Waals surface area contributed by atoms with Gasteiger partial charge in [0.25, 0.3) is 0 Å². The Hall–Kier alpha value is -0.980. The lowest BCUT2D eigenvalue weighted by Crippen LogP contribution is -2.50. The molecule has 4 nitrogen and oxygen atoms in total. The summed E-state index contributed by atoms with van der Waals surface area (Å²) in [5, 5.41) is 5.57. The maximum absolute atomic E-state index is 12.8. The van der Waals surface area contributed by atoms with Crippen LogP contribution in [0.3, 0.4) is 0 Å². The Kier molecular flexibility index (Phi) is 5.94. The third-order valence-corrected chi connectivity index (χ3v) is 4.80. The van der Waals surface area contributed by atoms with Crippen molar-refractivity contribution in [1.82, 2.24) is 10.6 Å². The first-order valence-electron chi connectivity index (χ1n) is 8.07. The molecule has 0 aromatic heterocycles. The Bertz CT molecular complexity index is 370. The number of ether oxygens (including phenoxy) is 1. The molecule has 0 aromatic rings. The molecule has 2 N–H and O–H groups in total. The molecule has 1 saturated heterocycles. The van der Waals surface area contributed by atoms with Crippen LogP contribution in [0.15, 0.2) is 0 Å². The minimum atomic E-state index is -4.16. The van der Waals surface area contributed by atoms with Crippen molar-refractivity contribution in [3.05, 3.63) is 0 Å². The van der Waals surface area contributed by atoms with Crippen molar-refractivity contribution >= 4 is 6.03 Å². The molecule has 1 saturated carbocycles. The van der Waals surface area contributed by atoms with Crippen molar-refractivity contribution in [3.63, 3.8) is 0 Å². The predicted molar refractivity (Wildman–Crippen MR) is 76.5 cm³/mol. The molecule has 128 valence electrons. The van der Waals surface area contributed by atoms with Crippen LogP contribution < -0.4 is 10.6 Å². The third kappa shape index (κ3) is 5.04.